The molecular weight excluding hydrogens is 416 g/mol. The molecule has 4 rings (SSSR count). The van der Waals surface area contributed by atoms with Crippen molar-refractivity contribution >= 4 is 12.1 Å². The maximum Gasteiger partial charge on any atom is 0.407 e. The Bertz CT molecular complexity index is 1100. The lowest BCUT2D eigenvalue weighted by molar-refractivity contribution is -0.137. The number of nitrogens with one attached hydrogen (secondary N) is 1. The maximum atomic E-state index is 13.0. The van der Waals surface area contributed by atoms with Crippen molar-refractivity contribution in [2.75, 3.05) is 6.61 Å². The molecule has 0 aromatic heterocycles. The van der Waals surface area contributed by atoms with Gasteiger partial charge >= 0.3 is 12.1 Å². The molecule has 3 aromatic carbocycles. The van der Waals surface area contributed by atoms with E-state index in [4.69, 9.17) is 4.74 Å². The van der Waals surface area contributed by atoms with Crippen molar-refractivity contribution in [1.82, 2.24) is 5.32 Å². The molecule has 7 heteroatoms. The number of ether oxygens (including phenoxy) is 1. The van der Waals surface area contributed by atoms with Gasteiger partial charge in [0.25, 0.3) is 6.43 Å². The van der Waals surface area contributed by atoms with E-state index in [1.807, 2.05) is 48.5 Å². The van der Waals surface area contributed by atoms with Crippen molar-refractivity contribution in [2.24, 2.45) is 0 Å². The van der Waals surface area contributed by atoms with Gasteiger partial charge in [0.1, 0.15) is 6.61 Å². The largest absolute Gasteiger partial charge is 0.481 e. The number of alkyl carbamates (subject to hydrolysis) is 1. The van der Waals surface area contributed by atoms with Crippen LogP contribution in [0.4, 0.5) is 13.6 Å². The lowest BCUT2D eigenvalue weighted by Crippen LogP contribution is -2.31. The standard InChI is InChI=1S/C25H21F2NO4/c26-24(27)16-7-5-6-15(12-16)22(13-23(29)30)28-25(31)32-14-21-19-10-3-1-8-17(19)18-9-2-4-11-20(18)21/h1-12,21-22,24H,13-14H2,(H,28,31)(H,29,30)/t22-/m1/s1. The van der Waals surface area contributed by atoms with E-state index < -0.39 is 31.0 Å². The number of carboxylic acid groups (broad SMARTS) is 1. The van der Waals surface area contributed by atoms with Crippen LogP contribution in [0, 0.1) is 0 Å². The fourth-order valence-electron chi connectivity index (χ4n) is 4.12. The van der Waals surface area contributed by atoms with Gasteiger partial charge in [0.05, 0.1) is 12.5 Å². The van der Waals surface area contributed by atoms with E-state index in [-0.39, 0.29) is 23.7 Å². The lowest BCUT2D eigenvalue weighted by atomic mass is 9.98. The summed E-state index contributed by atoms with van der Waals surface area (Å²) < 4.78 is 31.5. The summed E-state index contributed by atoms with van der Waals surface area (Å²) in [4.78, 5) is 23.8. The zero-order valence-corrected chi connectivity index (χ0v) is 17.0. The minimum Gasteiger partial charge on any atom is -0.481 e. The van der Waals surface area contributed by atoms with Crippen LogP contribution in [0.3, 0.4) is 0 Å². The van der Waals surface area contributed by atoms with Crippen LogP contribution in [0.1, 0.15) is 47.1 Å². The van der Waals surface area contributed by atoms with Gasteiger partial charge in [-0.1, -0.05) is 66.7 Å². The molecule has 1 amide bonds. The number of halogens is 2. The number of hydrogen-bond donors (Lipinski definition) is 2. The van der Waals surface area contributed by atoms with Gasteiger partial charge in [0.15, 0.2) is 0 Å². The van der Waals surface area contributed by atoms with E-state index in [2.05, 4.69) is 5.32 Å². The number of carbonyl (C=O) groups excluding carboxylic acids is 1. The molecule has 164 valence electrons. The summed E-state index contributed by atoms with van der Waals surface area (Å²) in [6, 6.07) is 20.1. The summed E-state index contributed by atoms with van der Waals surface area (Å²) in [6.45, 7) is 0.0662. The van der Waals surface area contributed by atoms with Crippen molar-refractivity contribution in [1.29, 1.82) is 0 Å². The molecule has 32 heavy (non-hydrogen) atoms. The molecule has 5 nitrogen and oxygen atoms in total. The van der Waals surface area contributed by atoms with Crippen LogP contribution in [0.25, 0.3) is 11.1 Å². The van der Waals surface area contributed by atoms with E-state index in [0.29, 0.717) is 0 Å². The van der Waals surface area contributed by atoms with Gasteiger partial charge in [-0.05, 0) is 33.9 Å². The van der Waals surface area contributed by atoms with Crippen LogP contribution in [-0.4, -0.2) is 23.8 Å². The molecule has 1 atom stereocenters. The first-order valence-electron chi connectivity index (χ1n) is 10.2. The molecular formula is C25H21F2NO4. The van der Waals surface area contributed by atoms with Crippen molar-refractivity contribution in [3.63, 3.8) is 0 Å². The minimum absolute atomic E-state index is 0.0662. The summed E-state index contributed by atoms with van der Waals surface area (Å²) in [5.41, 5.74) is 4.31. The van der Waals surface area contributed by atoms with Crippen LogP contribution in [0.15, 0.2) is 72.8 Å². The molecule has 0 bridgehead atoms. The number of hydrogen-bond acceptors (Lipinski definition) is 3. The Balaban J connectivity index is 1.49. The third kappa shape index (κ3) is 4.46. The maximum absolute atomic E-state index is 13.0. The summed E-state index contributed by atoms with van der Waals surface area (Å²) >= 11 is 0. The van der Waals surface area contributed by atoms with E-state index in [9.17, 15) is 23.5 Å². The van der Waals surface area contributed by atoms with Crippen molar-refractivity contribution < 1.29 is 28.2 Å². The molecule has 0 aliphatic heterocycles. The molecule has 1 aliphatic rings. The first kappa shape index (κ1) is 21.5. The number of rotatable bonds is 7. The first-order valence-corrected chi connectivity index (χ1v) is 10.2. The Morgan fingerprint density at radius 1 is 0.906 bits per heavy atom. The molecule has 0 spiro atoms. The molecule has 0 fully saturated rings. The first-order chi connectivity index (χ1) is 15.4. The molecule has 0 saturated heterocycles. The van der Waals surface area contributed by atoms with Crippen molar-refractivity contribution in [3.05, 3.63) is 95.1 Å². The molecule has 0 saturated carbocycles. The van der Waals surface area contributed by atoms with Crippen molar-refractivity contribution in [2.45, 2.75) is 24.8 Å². The molecule has 2 N–H and O–H groups in total. The van der Waals surface area contributed by atoms with Crippen LogP contribution < -0.4 is 5.32 Å². The molecule has 3 aromatic rings. The molecule has 1 aliphatic carbocycles. The third-order valence-electron chi connectivity index (χ3n) is 5.58. The lowest BCUT2D eigenvalue weighted by Gasteiger charge is -2.20. The Morgan fingerprint density at radius 3 is 2.09 bits per heavy atom. The van der Waals surface area contributed by atoms with Crippen LogP contribution in [0.5, 0.6) is 0 Å². The quantitative estimate of drug-likeness (QED) is 0.499. The second-order valence-electron chi connectivity index (χ2n) is 7.59. The monoisotopic (exact) mass is 437 g/mol. The predicted molar refractivity (Wildman–Crippen MR) is 115 cm³/mol. The topological polar surface area (TPSA) is 75.6 Å². The predicted octanol–water partition coefficient (Wildman–Crippen LogP) is 5.68. The Labute approximate surface area is 183 Å². The minimum atomic E-state index is -2.70. The zero-order valence-electron chi connectivity index (χ0n) is 17.0. The smallest absolute Gasteiger partial charge is 0.407 e. The Hall–Kier alpha value is -3.74. The van der Waals surface area contributed by atoms with Crippen LogP contribution in [0.2, 0.25) is 0 Å². The van der Waals surface area contributed by atoms with Crippen molar-refractivity contribution in [3.8, 4) is 11.1 Å². The summed E-state index contributed by atoms with van der Waals surface area (Å²) in [5.74, 6) is -1.32. The average molecular weight is 437 g/mol. The van der Waals surface area contributed by atoms with Gasteiger partial charge in [0, 0.05) is 11.5 Å². The highest BCUT2D eigenvalue weighted by Gasteiger charge is 2.29. The van der Waals surface area contributed by atoms with Gasteiger partial charge in [-0.25, -0.2) is 13.6 Å². The Kier molecular flexibility index (Phi) is 6.16. The highest BCUT2D eigenvalue weighted by Crippen LogP contribution is 2.44. The summed E-state index contributed by atoms with van der Waals surface area (Å²) in [5, 5.41) is 11.7. The molecule has 0 unspecified atom stereocenters. The normalized spacial score (nSPS) is 13.3. The summed E-state index contributed by atoms with van der Waals surface area (Å²) in [6.07, 6.45) is -3.97. The van der Waals surface area contributed by atoms with E-state index in [1.54, 1.807) is 0 Å². The van der Waals surface area contributed by atoms with Gasteiger partial charge in [-0.3, -0.25) is 4.79 Å². The summed E-state index contributed by atoms with van der Waals surface area (Å²) in [7, 11) is 0. The molecule has 0 heterocycles. The number of aliphatic carboxylic acids is 1. The fraction of sp³-hybridized carbons (Fsp3) is 0.200. The zero-order chi connectivity index (χ0) is 22.7. The fourth-order valence-corrected chi connectivity index (χ4v) is 4.12. The van der Waals surface area contributed by atoms with Crippen LogP contribution >= 0.6 is 0 Å². The Morgan fingerprint density at radius 2 is 1.50 bits per heavy atom. The van der Waals surface area contributed by atoms with E-state index >= 15 is 0 Å². The number of amides is 1. The number of fused-ring (bicyclic) bond motifs is 3. The van der Waals surface area contributed by atoms with Gasteiger partial charge in [0.2, 0.25) is 0 Å². The van der Waals surface area contributed by atoms with E-state index in [0.717, 1.165) is 22.3 Å². The highest BCUT2D eigenvalue weighted by atomic mass is 19.3. The highest BCUT2D eigenvalue weighted by molar-refractivity contribution is 5.79. The van der Waals surface area contributed by atoms with Gasteiger partial charge < -0.3 is 15.2 Å². The van der Waals surface area contributed by atoms with Gasteiger partial charge in [-0.15, -0.1) is 0 Å². The number of alkyl halides is 2. The number of benzene rings is 3. The van der Waals surface area contributed by atoms with Crippen LogP contribution in [-0.2, 0) is 9.53 Å². The van der Waals surface area contributed by atoms with Gasteiger partial charge in [-0.2, -0.15) is 0 Å². The average Bonchev–Trinajstić information content (AvgIpc) is 3.11. The second kappa shape index (κ2) is 9.18. The second-order valence-corrected chi connectivity index (χ2v) is 7.59. The number of carboxylic acids is 1. The third-order valence-corrected chi connectivity index (χ3v) is 5.58. The SMILES string of the molecule is O=C(O)C[C@@H](NC(=O)OCC1c2ccccc2-c2ccccc21)c1cccc(C(F)F)c1. The van der Waals surface area contributed by atoms with E-state index in [1.165, 1.54) is 24.3 Å². The number of carbonyl (C=O) groups is 2. The molecule has 0 radical (unpaired) electrons.